The number of thiazole rings is 1. The van der Waals surface area contributed by atoms with Crippen LogP contribution >= 0.6 is 23.1 Å². The number of fused-ring (bicyclic) bond motifs is 1. The molecule has 3 aromatic heterocycles. The Morgan fingerprint density at radius 2 is 1.96 bits per heavy atom. The molecule has 0 saturated heterocycles. The van der Waals surface area contributed by atoms with Crippen LogP contribution in [-0.4, -0.2) is 37.6 Å². The van der Waals surface area contributed by atoms with E-state index in [2.05, 4.69) is 20.1 Å². The van der Waals surface area contributed by atoms with Gasteiger partial charge in [0.05, 0.1) is 18.4 Å². The van der Waals surface area contributed by atoms with Crippen molar-refractivity contribution in [2.24, 2.45) is 0 Å². The zero-order valence-corrected chi connectivity index (χ0v) is 17.2. The molecule has 7 nitrogen and oxygen atoms in total. The zero-order chi connectivity index (χ0) is 19.7. The van der Waals surface area contributed by atoms with Gasteiger partial charge in [0.15, 0.2) is 0 Å². The Kier molecular flexibility index (Phi) is 5.10. The van der Waals surface area contributed by atoms with Crippen molar-refractivity contribution in [3.63, 3.8) is 0 Å². The van der Waals surface area contributed by atoms with Crippen molar-refractivity contribution in [3.05, 3.63) is 58.4 Å². The van der Waals surface area contributed by atoms with E-state index in [1.807, 2.05) is 37.4 Å². The van der Waals surface area contributed by atoms with E-state index in [4.69, 9.17) is 4.74 Å². The lowest BCUT2D eigenvalue weighted by molar-refractivity contribution is 0.0601. The molecule has 0 fully saturated rings. The number of aromatic nitrogens is 5. The quantitative estimate of drug-likeness (QED) is 0.363. The van der Waals surface area contributed by atoms with E-state index in [0.717, 1.165) is 27.7 Å². The molecule has 3 heterocycles. The Morgan fingerprint density at radius 3 is 2.71 bits per heavy atom. The van der Waals surface area contributed by atoms with E-state index in [9.17, 15) is 4.79 Å². The minimum atomic E-state index is -0.345. The molecule has 0 aliphatic rings. The van der Waals surface area contributed by atoms with Gasteiger partial charge in [-0.15, -0.1) is 16.4 Å². The summed E-state index contributed by atoms with van der Waals surface area (Å²) in [6, 6.07) is 9.23. The molecule has 28 heavy (non-hydrogen) atoms. The molecule has 0 aliphatic carbocycles. The van der Waals surface area contributed by atoms with Gasteiger partial charge in [0.25, 0.3) is 5.78 Å². The smallest absolute Gasteiger partial charge is 0.337 e. The number of carbonyl (C=O) groups is 1. The largest absolute Gasteiger partial charge is 0.465 e. The highest BCUT2D eigenvalue weighted by Gasteiger charge is 2.11. The number of rotatable bonds is 5. The van der Waals surface area contributed by atoms with Crippen molar-refractivity contribution in [2.45, 2.75) is 24.8 Å². The van der Waals surface area contributed by atoms with E-state index >= 15 is 0 Å². The first kappa shape index (κ1) is 18.6. The monoisotopic (exact) mass is 411 g/mol. The molecule has 0 saturated carbocycles. The molecule has 0 radical (unpaired) electrons. The fourth-order valence-electron chi connectivity index (χ4n) is 2.72. The lowest BCUT2D eigenvalue weighted by Crippen LogP contribution is -2.00. The highest BCUT2D eigenvalue weighted by Crippen LogP contribution is 2.27. The van der Waals surface area contributed by atoms with Crippen LogP contribution < -0.4 is 0 Å². The van der Waals surface area contributed by atoms with Crippen LogP contribution in [0.1, 0.15) is 27.4 Å². The van der Waals surface area contributed by atoms with Crippen molar-refractivity contribution in [2.75, 3.05) is 7.11 Å². The third-order valence-corrected chi connectivity index (χ3v) is 5.86. The third-order valence-electron chi connectivity index (χ3n) is 4.05. The Balaban J connectivity index is 1.46. The lowest BCUT2D eigenvalue weighted by Gasteiger charge is -2.00. The Bertz CT molecular complexity index is 1150. The Hall–Kier alpha value is -2.78. The molecule has 9 heteroatoms. The predicted molar refractivity (Wildman–Crippen MR) is 109 cm³/mol. The number of ether oxygens (including phenoxy) is 1. The molecular formula is C19H17N5O2S2. The fraction of sp³-hybridized carbons (Fsp3) is 0.211. The highest BCUT2D eigenvalue weighted by atomic mass is 32.2. The average molecular weight is 412 g/mol. The summed E-state index contributed by atoms with van der Waals surface area (Å²) < 4.78 is 6.48. The predicted octanol–water partition coefficient (Wildman–Crippen LogP) is 3.94. The number of aryl methyl sites for hydroxylation is 2. The topological polar surface area (TPSA) is 82.3 Å². The van der Waals surface area contributed by atoms with E-state index < -0.39 is 0 Å². The van der Waals surface area contributed by atoms with Gasteiger partial charge >= 0.3 is 5.97 Å². The van der Waals surface area contributed by atoms with E-state index in [0.29, 0.717) is 22.3 Å². The van der Waals surface area contributed by atoms with Crippen molar-refractivity contribution < 1.29 is 9.53 Å². The number of hydrogen-bond acceptors (Lipinski definition) is 8. The maximum atomic E-state index is 11.5. The normalized spacial score (nSPS) is 11.1. The first-order valence-electron chi connectivity index (χ1n) is 8.50. The van der Waals surface area contributed by atoms with Gasteiger partial charge in [-0.2, -0.15) is 4.98 Å². The minimum absolute atomic E-state index is 0.345. The van der Waals surface area contributed by atoms with Gasteiger partial charge in [0.1, 0.15) is 5.01 Å². The number of methoxy groups -OCH3 is 1. The molecule has 0 atom stereocenters. The summed E-state index contributed by atoms with van der Waals surface area (Å²) in [5, 5.41) is 8.12. The second kappa shape index (κ2) is 7.69. The van der Waals surface area contributed by atoms with Gasteiger partial charge in [-0.05, 0) is 32.0 Å². The lowest BCUT2D eigenvalue weighted by atomic mass is 10.1. The summed E-state index contributed by atoms with van der Waals surface area (Å²) in [7, 11) is 1.37. The molecule has 1 aromatic carbocycles. The summed E-state index contributed by atoms with van der Waals surface area (Å²) >= 11 is 3.10. The number of esters is 1. The first-order chi connectivity index (χ1) is 13.5. The number of benzene rings is 1. The minimum Gasteiger partial charge on any atom is -0.465 e. The van der Waals surface area contributed by atoms with Crippen LogP contribution in [0.25, 0.3) is 16.3 Å². The van der Waals surface area contributed by atoms with Gasteiger partial charge in [-0.25, -0.2) is 19.3 Å². The summed E-state index contributed by atoms with van der Waals surface area (Å²) in [6.45, 7) is 3.94. The van der Waals surface area contributed by atoms with Crippen LogP contribution in [-0.2, 0) is 10.5 Å². The Labute approximate surface area is 169 Å². The maximum Gasteiger partial charge on any atom is 0.337 e. The number of nitrogens with zero attached hydrogens (tertiary/aromatic N) is 5. The Morgan fingerprint density at radius 1 is 1.18 bits per heavy atom. The molecule has 0 aliphatic heterocycles. The summed E-state index contributed by atoms with van der Waals surface area (Å²) in [6.07, 6.45) is 0. The molecule has 0 bridgehead atoms. The van der Waals surface area contributed by atoms with E-state index in [1.165, 1.54) is 18.9 Å². The second-order valence-electron chi connectivity index (χ2n) is 6.15. The number of hydrogen-bond donors (Lipinski definition) is 0. The van der Waals surface area contributed by atoms with Crippen molar-refractivity contribution in [1.29, 1.82) is 0 Å². The van der Waals surface area contributed by atoms with Crippen LogP contribution in [0.4, 0.5) is 0 Å². The number of carbonyl (C=O) groups excluding carboxylic acids is 1. The SMILES string of the molecule is COC(=O)c1ccc(-c2nc(CSc3nc4nc(C)cc(C)n4n3)cs2)cc1. The van der Waals surface area contributed by atoms with Gasteiger partial charge < -0.3 is 4.74 Å². The van der Waals surface area contributed by atoms with Gasteiger partial charge in [0, 0.05) is 28.1 Å². The summed E-state index contributed by atoms with van der Waals surface area (Å²) in [4.78, 5) is 25.1. The van der Waals surface area contributed by atoms with Gasteiger partial charge in [0.2, 0.25) is 5.16 Å². The van der Waals surface area contributed by atoms with Crippen LogP contribution in [0.3, 0.4) is 0 Å². The van der Waals surface area contributed by atoms with Gasteiger partial charge in [-0.3, -0.25) is 0 Å². The molecule has 4 rings (SSSR count). The van der Waals surface area contributed by atoms with E-state index in [-0.39, 0.29) is 5.97 Å². The molecule has 0 N–H and O–H groups in total. The average Bonchev–Trinajstić information content (AvgIpc) is 3.33. The second-order valence-corrected chi connectivity index (χ2v) is 7.95. The third kappa shape index (κ3) is 3.76. The number of thioether (sulfide) groups is 1. The molecule has 0 spiro atoms. The fourth-order valence-corrected chi connectivity index (χ4v) is 4.36. The zero-order valence-electron chi connectivity index (χ0n) is 15.5. The standard InChI is InChI=1S/C19H17N5O2S2/c1-11-8-12(2)24-18(20-11)22-19(23-24)28-10-15-9-27-16(21-15)13-4-6-14(7-5-13)17(25)26-3/h4-9H,10H2,1-3H3. The van der Waals surface area contributed by atoms with Crippen molar-refractivity contribution in [3.8, 4) is 10.6 Å². The summed E-state index contributed by atoms with van der Waals surface area (Å²) in [5.41, 5.74) is 4.39. The van der Waals surface area contributed by atoms with Crippen LogP contribution in [0.2, 0.25) is 0 Å². The molecule has 142 valence electrons. The van der Waals surface area contributed by atoms with Crippen LogP contribution in [0.5, 0.6) is 0 Å². The van der Waals surface area contributed by atoms with Crippen LogP contribution in [0, 0.1) is 13.8 Å². The summed E-state index contributed by atoms with van der Waals surface area (Å²) in [5.74, 6) is 0.943. The molecule has 0 amide bonds. The molecule has 4 aromatic rings. The van der Waals surface area contributed by atoms with Crippen LogP contribution in [0.15, 0.2) is 40.9 Å². The van der Waals surface area contributed by atoms with Crippen molar-refractivity contribution >= 4 is 34.8 Å². The molecule has 0 unspecified atom stereocenters. The maximum absolute atomic E-state index is 11.5. The first-order valence-corrected chi connectivity index (χ1v) is 10.4. The highest BCUT2D eigenvalue weighted by molar-refractivity contribution is 7.98. The molecular weight excluding hydrogens is 394 g/mol. The van der Waals surface area contributed by atoms with Gasteiger partial charge in [-0.1, -0.05) is 23.9 Å². The van der Waals surface area contributed by atoms with E-state index in [1.54, 1.807) is 28.0 Å². The van der Waals surface area contributed by atoms with Crippen molar-refractivity contribution in [1.82, 2.24) is 24.6 Å².